The van der Waals surface area contributed by atoms with Crippen LogP contribution in [0.25, 0.3) is 10.3 Å². The van der Waals surface area contributed by atoms with Crippen LogP contribution in [-0.4, -0.2) is 48.9 Å². The second-order valence-corrected chi connectivity index (χ2v) is 9.01. The van der Waals surface area contributed by atoms with Gasteiger partial charge in [0.15, 0.2) is 5.13 Å². The van der Waals surface area contributed by atoms with E-state index in [-0.39, 0.29) is 13.1 Å². The monoisotopic (exact) mass is 410 g/mol. The Labute approximate surface area is 159 Å². The summed E-state index contributed by atoms with van der Waals surface area (Å²) in [5, 5.41) is 0.778. The van der Waals surface area contributed by atoms with E-state index in [0.717, 1.165) is 33.7 Å². The van der Waals surface area contributed by atoms with Crippen LogP contribution in [0.4, 0.5) is 13.9 Å². The summed E-state index contributed by atoms with van der Waals surface area (Å²) in [6.45, 7) is 1.44. The lowest BCUT2D eigenvalue weighted by atomic mass is 10.3. The summed E-state index contributed by atoms with van der Waals surface area (Å²) < 4.78 is 54.2. The molecule has 0 N–H and O–H groups in total. The minimum Gasteiger partial charge on any atom is -0.347 e. The normalized spacial score (nSPS) is 16.6. The summed E-state index contributed by atoms with van der Waals surface area (Å²) in [6.07, 6.45) is 2.26. The minimum absolute atomic E-state index is 0.168. The number of benzene rings is 1. The van der Waals surface area contributed by atoms with Gasteiger partial charge >= 0.3 is 0 Å². The lowest BCUT2D eigenvalue weighted by Crippen LogP contribution is -2.35. The quantitative estimate of drug-likeness (QED) is 0.664. The van der Waals surface area contributed by atoms with Crippen LogP contribution in [-0.2, 0) is 10.0 Å². The molecule has 0 aliphatic carbocycles. The molecule has 0 spiro atoms. The van der Waals surface area contributed by atoms with Crippen LogP contribution in [0, 0.1) is 11.6 Å². The Hall–Kier alpha value is -2.17. The number of nitrogens with zero attached hydrogens (tertiary/aromatic N) is 4. The fraction of sp³-hybridized carbons (Fsp3) is 0.294. The van der Waals surface area contributed by atoms with E-state index in [1.54, 1.807) is 6.20 Å². The van der Waals surface area contributed by atoms with E-state index in [2.05, 4.69) is 9.97 Å². The van der Waals surface area contributed by atoms with E-state index in [1.165, 1.54) is 15.6 Å². The van der Waals surface area contributed by atoms with Gasteiger partial charge in [-0.25, -0.2) is 27.2 Å². The van der Waals surface area contributed by atoms with E-state index in [0.29, 0.717) is 19.5 Å². The maximum atomic E-state index is 14.0. The van der Waals surface area contributed by atoms with Crippen molar-refractivity contribution in [3.63, 3.8) is 0 Å². The molecule has 1 fully saturated rings. The molecule has 0 atom stereocenters. The first kappa shape index (κ1) is 18.2. The number of anilines is 1. The molecule has 0 radical (unpaired) electrons. The van der Waals surface area contributed by atoms with Gasteiger partial charge in [-0.15, -0.1) is 0 Å². The molecule has 0 unspecified atom stereocenters. The number of thiazole rings is 1. The predicted molar refractivity (Wildman–Crippen MR) is 99.4 cm³/mol. The molecule has 142 valence electrons. The van der Waals surface area contributed by atoms with Crippen molar-refractivity contribution >= 4 is 36.8 Å². The van der Waals surface area contributed by atoms with Crippen LogP contribution in [0.3, 0.4) is 0 Å². The maximum absolute atomic E-state index is 14.0. The second kappa shape index (κ2) is 7.10. The van der Waals surface area contributed by atoms with Gasteiger partial charge in [0.2, 0.25) is 10.0 Å². The Morgan fingerprint density at radius 1 is 1.07 bits per heavy atom. The van der Waals surface area contributed by atoms with Gasteiger partial charge < -0.3 is 4.90 Å². The van der Waals surface area contributed by atoms with Crippen LogP contribution in [0.5, 0.6) is 0 Å². The summed E-state index contributed by atoms with van der Waals surface area (Å²) in [4.78, 5) is 11.0. The van der Waals surface area contributed by atoms with Crippen molar-refractivity contribution in [1.29, 1.82) is 0 Å². The predicted octanol–water partition coefficient (Wildman–Crippen LogP) is 2.87. The molecule has 4 rings (SSSR count). The third kappa shape index (κ3) is 3.52. The van der Waals surface area contributed by atoms with Crippen molar-refractivity contribution in [3.05, 3.63) is 48.2 Å². The van der Waals surface area contributed by atoms with Crippen molar-refractivity contribution < 1.29 is 17.2 Å². The standard InChI is InChI=1S/C17H16F2N4O2S2/c18-12-4-5-13(19)15(11-12)27(24,25)23-8-2-7-22(9-10-23)17-21-14-3-1-6-20-16(14)26-17/h1,3-6,11H,2,7-10H2. The van der Waals surface area contributed by atoms with Gasteiger partial charge in [0.1, 0.15) is 26.9 Å². The van der Waals surface area contributed by atoms with Crippen LogP contribution in [0.15, 0.2) is 41.4 Å². The van der Waals surface area contributed by atoms with Crippen LogP contribution in [0.1, 0.15) is 6.42 Å². The molecule has 6 nitrogen and oxygen atoms in total. The Kier molecular flexibility index (Phi) is 4.79. The first-order chi connectivity index (χ1) is 12.9. The molecule has 0 bridgehead atoms. The van der Waals surface area contributed by atoms with Gasteiger partial charge in [0.25, 0.3) is 0 Å². The largest absolute Gasteiger partial charge is 0.347 e. The molecule has 1 saturated heterocycles. The van der Waals surface area contributed by atoms with Gasteiger partial charge in [-0.05, 0) is 36.8 Å². The Morgan fingerprint density at radius 3 is 2.74 bits per heavy atom. The number of hydrogen-bond acceptors (Lipinski definition) is 6. The summed E-state index contributed by atoms with van der Waals surface area (Å²) in [6, 6.07) is 6.16. The molecular weight excluding hydrogens is 394 g/mol. The molecule has 1 aliphatic rings. The van der Waals surface area contributed by atoms with Crippen LogP contribution >= 0.6 is 11.3 Å². The van der Waals surface area contributed by atoms with Gasteiger partial charge in [-0.2, -0.15) is 4.31 Å². The number of pyridine rings is 1. The first-order valence-electron chi connectivity index (χ1n) is 8.37. The Balaban J connectivity index is 1.56. The molecule has 1 aliphatic heterocycles. The third-order valence-corrected chi connectivity index (χ3v) is 7.35. The number of aromatic nitrogens is 2. The molecule has 0 saturated carbocycles. The molecular formula is C17H16F2N4O2S2. The molecule has 10 heteroatoms. The zero-order valence-corrected chi connectivity index (χ0v) is 15.8. The second-order valence-electron chi connectivity index (χ2n) is 6.14. The van der Waals surface area contributed by atoms with E-state index >= 15 is 0 Å². The molecule has 3 aromatic rings. The van der Waals surface area contributed by atoms with Gasteiger partial charge in [0.05, 0.1) is 0 Å². The minimum atomic E-state index is -4.11. The van der Waals surface area contributed by atoms with E-state index in [1.807, 2.05) is 17.0 Å². The SMILES string of the molecule is O=S(=O)(c1cc(F)ccc1F)N1CCCN(c2nc3cccnc3s2)CC1. The van der Waals surface area contributed by atoms with Crippen molar-refractivity contribution in [3.8, 4) is 0 Å². The zero-order valence-electron chi connectivity index (χ0n) is 14.2. The number of rotatable bonds is 3. The van der Waals surface area contributed by atoms with Crippen LogP contribution < -0.4 is 4.90 Å². The topological polar surface area (TPSA) is 66.4 Å². The van der Waals surface area contributed by atoms with Gasteiger partial charge in [-0.1, -0.05) is 11.3 Å². The lowest BCUT2D eigenvalue weighted by molar-refractivity contribution is 0.427. The van der Waals surface area contributed by atoms with E-state index in [9.17, 15) is 17.2 Å². The number of halogens is 2. The highest BCUT2D eigenvalue weighted by Gasteiger charge is 2.30. The Bertz CT molecular complexity index is 1050. The van der Waals surface area contributed by atoms with Crippen molar-refractivity contribution in [2.45, 2.75) is 11.3 Å². The van der Waals surface area contributed by atoms with Crippen molar-refractivity contribution in [1.82, 2.24) is 14.3 Å². The Morgan fingerprint density at radius 2 is 1.93 bits per heavy atom. The summed E-state index contributed by atoms with van der Waals surface area (Å²) in [5.74, 6) is -1.73. The molecule has 3 heterocycles. The highest BCUT2D eigenvalue weighted by atomic mass is 32.2. The molecule has 1 aromatic carbocycles. The summed E-state index contributed by atoms with van der Waals surface area (Å²) in [5.41, 5.74) is 0.799. The third-order valence-electron chi connectivity index (χ3n) is 4.39. The molecule has 0 amide bonds. The summed E-state index contributed by atoms with van der Waals surface area (Å²) >= 11 is 1.45. The molecule has 27 heavy (non-hydrogen) atoms. The highest BCUT2D eigenvalue weighted by Crippen LogP contribution is 2.28. The summed E-state index contributed by atoms with van der Waals surface area (Å²) in [7, 11) is -4.11. The average molecular weight is 410 g/mol. The maximum Gasteiger partial charge on any atom is 0.246 e. The first-order valence-corrected chi connectivity index (χ1v) is 10.6. The smallest absolute Gasteiger partial charge is 0.246 e. The van der Waals surface area contributed by atoms with E-state index < -0.39 is 26.6 Å². The van der Waals surface area contributed by atoms with Crippen molar-refractivity contribution in [2.24, 2.45) is 0 Å². The van der Waals surface area contributed by atoms with Crippen molar-refractivity contribution in [2.75, 3.05) is 31.1 Å². The van der Waals surface area contributed by atoms with Gasteiger partial charge in [-0.3, -0.25) is 0 Å². The number of hydrogen-bond donors (Lipinski definition) is 0. The van der Waals surface area contributed by atoms with Gasteiger partial charge in [0, 0.05) is 32.4 Å². The van der Waals surface area contributed by atoms with Crippen LogP contribution in [0.2, 0.25) is 0 Å². The fourth-order valence-electron chi connectivity index (χ4n) is 3.03. The zero-order chi connectivity index (χ0) is 19.0. The highest BCUT2D eigenvalue weighted by molar-refractivity contribution is 7.89. The van der Waals surface area contributed by atoms with E-state index in [4.69, 9.17) is 0 Å². The lowest BCUT2D eigenvalue weighted by Gasteiger charge is -2.21. The average Bonchev–Trinajstić information content (AvgIpc) is 2.92. The fourth-order valence-corrected chi connectivity index (χ4v) is 5.54. The molecule has 2 aromatic heterocycles. The number of sulfonamides is 1. The number of fused-ring (bicyclic) bond motifs is 1.